The molecular weight excluding hydrogens is 228 g/mol. The van der Waals surface area contributed by atoms with Gasteiger partial charge in [-0.25, -0.2) is 0 Å². The molecule has 0 aliphatic rings. The number of aryl methyl sites for hydroxylation is 2. The number of thiocarbonyl (C=S) groups is 1. The molecule has 17 heavy (non-hydrogen) atoms. The Hall–Kier alpha value is -0.930. The summed E-state index contributed by atoms with van der Waals surface area (Å²) in [6, 6.07) is 6.57. The summed E-state index contributed by atoms with van der Waals surface area (Å²) in [6.45, 7) is 9.12. The molecule has 1 aromatic carbocycles. The van der Waals surface area contributed by atoms with Crippen molar-refractivity contribution < 1.29 is 0 Å². The Bertz CT molecular complexity index is 388. The van der Waals surface area contributed by atoms with Crippen LogP contribution in [0, 0.1) is 13.8 Å². The van der Waals surface area contributed by atoms with E-state index in [9.17, 15) is 0 Å². The second-order valence-corrected chi connectivity index (χ2v) is 5.13. The number of nitrogens with zero attached hydrogens (tertiary/aromatic N) is 1. The minimum atomic E-state index is 0.573. The lowest BCUT2D eigenvalue weighted by Gasteiger charge is -2.22. The van der Waals surface area contributed by atoms with Gasteiger partial charge in [-0.2, -0.15) is 0 Å². The summed E-state index contributed by atoms with van der Waals surface area (Å²) < 4.78 is 0. The first-order valence-corrected chi connectivity index (χ1v) is 6.50. The van der Waals surface area contributed by atoms with Gasteiger partial charge in [0.05, 0.1) is 4.99 Å². The third-order valence-corrected chi connectivity index (χ3v) is 2.95. The van der Waals surface area contributed by atoms with Crippen molar-refractivity contribution in [2.45, 2.75) is 33.7 Å². The van der Waals surface area contributed by atoms with Gasteiger partial charge >= 0.3 is 0 Å². The zero-order valence-corrected chi connectivity index (χ0v) is 11.8. The highest BCUT2D eigenvalue weighted by atomic mass is 32.1. The van der Waals surface area contributed by atoms with Crippen molar-refractivity contribution >= 4 is 17.2 Å². The zero-order chi connectivity index (χ0) is 12.8. The predicted molar refractivity (Wildman–Crippen MR) is 78.3 cm³/mol. The van der Waals surface area contributed by atoms with Gasteiger partial charge in [0.15, 0.2) is 0 Å². The summed E-state index contributed by atoms with van der Waals surface area (Å²) in [5, 5.41) is 0. The molecule has 0 aliphatic heterocycles. The normalized spacial score (nSPS) is 10.8. The molecule has 0 saturated carbocycles. The maximum atomic E-state index is 5.64. The lowest BCUT2D eigenvalue weighted by molar-refractivity contribution is 0.304. The van der Waals surface area contributed by atoms with Crippen LogP contribution in [-0.4, -0.2) is 23.0 Å². The van der Waals surface area contributed by atoms with Gasteiger partial charge in [0.1, 0.15) is 0 Å². The van der Waals surface area contributed by atoms with E-state index >= 15 is 0 Å². The Balaban J connectivity index is 2.77. The van der Waals surface area contributed by atoms with Gasteiger partial charge in [-0.05, 0) is 37.9 Å². The standard InChI is InChI=1S/C14H22N2S/c1-4-7-16(10-14(15)17)9-13-8-11(2)5-6-12(13)3/h5-6,8H,4,7,9-10H2,1-3H3,(H2,15,17). The zero-order valence-electron chi connectivity index (χ0n) is 11.0. The monoisotopic (exact) mass is 250 g/mol. The Labute approximate surface area is 110 Å². The Morgan fingerprint density at radius 3 is 2.65 bits per heavy atom. The summed E-state index contributed by atoms with van der Waals surface area (Å²) >= 11 is 5.00. The van der Waals surface area contributed by atoms with Gasteiger partial charge in [0.2, 0.25) is 0 Å². The molecule has 2 nitrogen and oxygen atoms in total. The van der Waals surface area contributed by atoms with E-state index < -0.39 is 0 Å². The fourth-order valence-corrected chi connectivity index (χ4v) is 2.14. The number of nitrogens with two attached hydrogens (primary N) is 1. The van der Waals surface area contributed by atoms with Crippen LogP contribution in [0.3, 0.4) is 0 Å². The molecule has 0 spiro atoms. The molecular formula is C14H22N2S. The summed E-state index contributed by atoms with van der Waals surface area (Å²) in [5.41, 5.74) is 9.64. The van der Waals surface area contributed by atoms with Crippen LogP contribution in [0.25, 0.3) is 0 Å². The summed E-state index contributed by atoms with van der Waals surface area (Å²) in [4.78, 5) is 2.88. The molecule has 3 heteroatoms. The third kappa shape index (κ3) is 4.84. The fourth-order valence-electron chi connectivity index (χ4n) is 1.96. The van der Waals surface area contributed by atoms with Crippen LogP contribution in [0.2, 0.25) is 0 Å². The van der Waals surface area contributed by atoms with E-state index in [2.05, 4.69) is 43.9 Å². The molecule has 0 saturated heterocycles. The van der Waals surface area contributed by atoms with Crippen molar-refractivity contribution in [3.8, 4) is 0 Å². The second-order valence-electron chi connectivity index (χ2n) is 4.61. The highest BCUT2D eigenvalue weighted by Crippen LogP contribution is 2.13. The van der Waals surface area contributed by atoms with Crippen LogP contribution >= 0.6 is 12.2 Å². The molecule has 0 radical (unpaired) electrons. The van der Waals surface area contributed by atoms with E-state index in [1.165, 1.54) is 16.7 Å². The molecule has 0 aromatic heterocycles. The lowest BCUT2D eigenvalue weighted by Crippen LogP contribution is -2.33. The molecule has 0 bridgehead atoms. The van der Waals surface area contributed by atoms with E-state index in [4.69, 9.17) is 18.0 Å². The van der Waals surface area contributed by atoms with Gasteiger partial charge < -0.3 is 5.73 Å². The minimum Gasteiger partial charge on any atom is -0.392 e. The summed E-state index contributed by atoms with van der Waals surface area (Å²) in [7, 11) is 0. The minimum absolute atomic E-state index is 0.573. The maximum Gasteiger partial charge on any atom is 0.0870 e. The Kier molecular flexibility index (Phi) is 5.59. The van der Waals surface area contributed by atoms with Crippen LogP contribution < -0.4 is 5.73 Å². The summed E-state index contributed by atoms with van der Waals surface area (Å²) in [6.07, 6.45) is 1.12. The number of rotatable bonds is 6. The van der Waals surface area contributed by atoms with E-state index in [-0.39, 0.29) is 0 Å². The molecule has 0 amide bonds. The van der Waals surface area contributed by atoms with Crippen LogP contribution in [0.1, 0.15) is 30.0 Å². The van der Waals surface area contributed by atoms with Gasteiger partial charge in [-0.1, -0.05) is 42.9 Å². The van der Waals surface area contributed by atoms with Crippen LogP contribution in [0.15, 0.2) is 18.2 Å². The smallest absolute Gasteiger partial charge is 0.0870 e. The average molecular weight is 250 g/mol. The van der Waals surface area contributed by atoms with E-state index in [1.54, 1.807) is 0 Å². The van der Waals surface area contributed by atoms with Crippen LogP contribution in [0.4, 0.5) is 0 Å². The predicted octanol–water partition coefficient (Wildman–Crippen LogP) is 2.80. The molecule has 94 valence electrons. The van der Waals surface area contributed by atoms with Crippen molar-refractivity contribution in [2.24, 2.45) is 5.73 Å². The van der Waals surface area contributed by atoms with Crippen molar-refractivity contribution in [1.29, 1.82) is 0 Å². The number of benzene rings is 1. The lowest BCUT2D eigenvalue weighted by atomic mass is 10.1. The first kappa shape index (κ1) is 14.1. The van der Waals surface area contributed by atoms with E-state index in [0.29, 0.717) is 11.5 Å². The molecule has 0 atom stereocenters. The quantitative estimate of drug-likeness (QED) is 0.787. The molecule has 0 unspecified atom stereocenters. The molecule has 0 heterocycles. The first-order chi connectivity index (χ1) is 8.02. The highest BCUT2D eigenvalue weighted by molar-refractivity contribution is 7.80. The highest BCUT2D eigenvalue weighted by Gasteiger charge is 2.08. The van der Waals surface area contributed by atoms with Gasteiger partial charge in [-0.15, -0.1) is 0 Å². The molecule has 0 aliphatic carbocycles. The molecule has 1 aromatic rings. The Morgan fingerprint density at radius 2 is 2.06 bits per heavy atom. The maximum absolute atomic E-state index is 5.64. The average Bonchev–Trinajstić information content (AvgIpc) is 2.23. The van der Waals surface area contributed by atoms with Crippen LogP contribution in [0.5, 0.6) is 0 Å². The number of hydrogen-bond donors (Lipinski definition) is 1. The van der Waals surface area contributed by atoms with Crippen molar-refractivity contribution in [2.75, 3.05) is 13.1 Å². The van der Waals surface area contributed by atoms with Crippen LogP contribution in [-0.2, 0) is 6.54 Å². The SMILES string of the molecule is CCCN(CC(N)=S)Cc1cc(C)ccc1C. The molecule has 1 rings (SSSR count). The van der Waals surface area contributed by atoms with E-state index in [0.717, 1.165) is 19.5 Å². The first-order valence-electron chi connectivity index (χ1n) is 6.09. The molecule has 2 N–H and O–H groups in total. The van der Waals surface area contributed by atoms with E-state index in [1.807, 2.05) is 0 Å². The van der Waals surface area contributed by atoms with Crippen molar-refractivity contribution in [1.82, 2.24) is 4.90 Å². The largest absolute Gasteiger partial charge is 0.392 e. The van der Waals surface area contributed by atoms with Crippen molar-refractivity contribution in [3.05, 3.63) is 34.9 Å². The second kappa shape index (κ2) is 6.72. The topological polar surface area (TPSA) is 29.3 Å². The molecule has 0 fully saturated rings. The van der Waals surface area contributed by atoms with Crippen molar-refractivity contribution in [3.63, 3.8) is 0 Å². The number of hydrogen-bond acceptors (Lipinski definition) is 2. The Morgan fingerprint density at radius 1 is 1.35 bits per heavy atom. The third-order valence-electron chi connectivity index (χ3n) is 2.82. The van der Waals surface area contributed by atoms with Gasteiger partial charge in [0.25, 0.3) is 0 Å². The van der Waals surface area contributed by atoms with Gasteiger partial charge in [0, 0.05) is 13.1 Å². The van der Waals surface area contributed by atoms with Gasteiger partial charge in [-0.3, -0.25) is 4.90 Å². The fraction of sp³-hybridized carbons (Fsp3) is 0.500. The summed E-state index contributed by atoms with van der Waals surface area (Å²) in [5.74, 6) is 0.